The van der Waals surface area contributed by atoms with Gasteiger partial charge in [0.15, 0.2) is 0 Å². The molecule has 0 aromatic carbocycles. The first-order valence-corrected chi connectivity index (χ1v) is 8.28. The highest BCUT2D eigenvalue weighted by Crippen LogP contribution is 2.25. The molecule has 0 radical (unpaired) electrons. The van der Waals surface area contributed by atoms with Gasteiger partial charge in [0.25, 0.3) is 5.91 Å². The molecule has 9 nitrogen and oxygen atoms in total. The summed E-state index contributed by atoms with van der Waals surface area (Å²) in [4.78, 5) is 25.1. The van der Waals surface area contributed by atoms with E-state index in [1.54, 1.807) is 35.6 Å². The minimum Gasteiger partial charge on any atom is -0.376 e. The van der Waals surface area contributed by atoms with Gasteiger partial charge in [-0.1, -0.05) is 0 Å². The molecule has 1 atom stereocenters. The Morgan fingerprint density at radius 1 is 1.16 bits per heavy atom. The first-order chi connectivity index (χ1) is 12.3. The first-order valence-electron chi connectivity index (χ1n) is 8.28. The number of aromatic nitrogens is 4. The average Bonchev–Trinajstić information content (AvgIpc) is 3.12. The van der Waals surface area contributed by atoms with Gasteiger partial charge in [-0.3, -0.25) is 9.89 Å². The van der Waals surface area contributed by atoms with E-state index in [1.807, 2.05) is 0 Å². The van der Waals surface area contributed by atoms with Gasteiger partial charge in [-0.2, -0.15) is 5.10 Å². The molecular weight excluding hydrogens is 324 g/mol. The zero-order valence-electron chi connectivity index (χ0n) is 13.8. The van der Waals surface area contributed by atoms with Crippen molar-refractivity contribution in [1.82, 2.24) is 25.1 Å². The van der Waals surface area contributed by atoms with Gasteiger partial charge in [-0.15, -0.1) is 0 Å². The summed E-state index contributed by atoms with van der Waals surface area (Å²) in [5.41, 5.74) is -0.112. The molecule has 1 unspecified atom stereocenters. The van der Waals surface area contributed by atoms with Gasteiger partial charge >= 0.3 is 0 Å². The van der Waals surface area contributed by atoms with E-state index in [2.05, 4.69) is 25.1 Å². The van der Waals surface area contributed by atoms with Crippen molar-refractivity contribution in [2.75, 3.05) is 50.9 Å². The zero-order valence-corrected chi connectivity index (χ0v) is 13.8. The smallest absolute Gasteiger partial charge is 0.272 e. The largest absolute Gasteiger partial charge is 0.376 e. The summed E-state index contributed by atoms with van der Waals surface area (Å²) in [6.45, 7) is 3.72. The van der Waals surface area contributed by atoms with Gasteiger partial charge in [0.1, 0.15) is 11.3 Å². The molecule has 0 aliphatic carbocycles. The van der Waals surface area contributed by atoms with Crippen LogP contribution in [-0.2, 0) is 9.47 Å². The molecule has 25 heavy (non-hydrogen) atoms. The van der Waals surface area contributed by atoms with Crippen LogP contribution in [0.2, 0.25) is 0 Å². The van der Waals surface area contributed by atoms with E-state index in [0.29, 0.717) is 57.6 Å². The molecule has 0 saturated carbocycles. The summed E-state index contributed by atoms with van der Waals surface area (Å²) in [7, 11) is 0. The van der Waals surface area contributed by atoms with Crippen LogP contribution in [0.15, 0.2) is 30.7 Å². The number of aromatic amines is 1. The monoisotopic (exact) mass is 344 g/mol. The van der Waals surface area contributed by atoms with Crippen molar-refractivity contribution in [3.63, 3.8) is 0 Å². The molecule has 1 N–H and O–H groups in total. The lowest BCUT2D eigenvalue weighted by Crippen LogP contribution is -2.60. The summed E-state index contributed by atoms with van der Waals surface area (Å²) < 4.78 is 11.9. The molecule has 1 spiro atoms. The van der Waals surface area contributed by atoms with Crippen LogP contribution in [0, 0.1) is 0 Å². The molecule has 2 fully saturated rings. The highest BCUT2D eigenvalue weighted by atomic mass is 16.5. The Morgan fingerprint density at radius 3 is 2.84 bits per heavy atom. The van der Waals surface area contributed by atoms with Gasteiger partial charge in [0.05, 0.1) is 32.9 Å². The second-order valence-corrected chi connectivity index (χ2v) is 6.25. The van der Waals surface area contributed by atoms with Crippen molar-refractivity contribution in [3.05, 3.63) is 36.4 Å². The lowest BCUT2D eigenvalue weighted by molar-refractivity contribution is -0.124. The molecule has 9 heteroatoms. The van der Waals surface area contributed by atoms with Crippen LogP contribution in [0.25, 0.3) is 0 Å². The maximum Gasteiger partial charge on any atom is 0.272 e. The van der Waals surface area contributed by atoms with Gasteiger partial charge in [0.2, 0.25) is 5.95 Å². The van der Waals surface area contributed by atoms with Gasteiger partial charge < -0.3 is 19.3 Å². The van der Waals surface area contributed by atoms with Crippen LogP contribution in [0.4, 0.5) is 5.95 Å². The molecule has 0 bridgehead atoms. The third-order valence-electron chi connectivity index (χ3n) is 4.45. The fourth-order valence-electron chi connectivity index (χ4n) is 3.28. The van der Waals surface area contributed by atoms with Crippen LogP contribution in [0.3, 0.4) is 0 Å². The number of nitrogens with one attached hydrogen (secondary N) is 1. The van der Waals surface area contributed by atoms with Crippen molar-refractivity contribution in [3.8, 4) is 0 Å². The van der Waals surface area contributed by atoms with Crippen molar-refractivity contribution >= 4 is 11.9 Å². The quantitative estimate of drug-likeness (QED) is 0.816. The molecule has 4 heterocycles. The number of nitrogens with zero attached hydrogens (tertiary/aromatic N) is 5. The SMILES string of the molecule is O=C(c1ccn[nH]1)N1CCOC2(COCCN(c3ncccn3)C2)C1. The highest BCUT2D eigenvalue weighted by molar-refractivity contribution is 5.92. The number of amides is 1. The van der Waals surface area contributed by atoms with E-state index in [1.165, 1.54) is 0 Å². The number of carbonyl (C=O) groups is 1. The van der Waals surface area contributed by atoms with Gasteiger partial charge in [-0.05, 0) is 12.1 Å². The summed E-state index contributed by atoms with van der Waals surface area (Å²) >= 11 is 0. The van der Waals surface area contributed by atoms with Crippen molar-refractivity contribution < 1.29 is 14.3 Å². The normalized spacial score (nSPS) is 24.3. The van der Waals surface area contributed by atoms with E-state index in [4.69, 9.17) is 9.47 Å². The minimum absolute atomic E-state index is 0.0769. The van der Waals surface area contributed by atoms with Crippen LogP contribution in [-0.4, -0.2) is 82.6 Å². The number of morpholine rings is 1. The van der Waals surface area contributed by atoms with Crippen molar-refractivity contribution in [2.24, 2.45) is 0 Å². The highest BCUT2D eigenvalue weighted by Gasteiger charge is 2.42. The number of ether oxygens (including phenoxy) is 2. The van der Waals surface area contributed by atoms with Crippen LogP contribution in [0.1, 0.15) is 10.5 Å². The molecule has 2 aromatic heterocycles. The van der Waals surface area contributed by atoms with Crippen LogP contribution < -0.4 is 4.90 Å². The Kier molecular flexibility index (Phi) is 4.33. The van der Waals surface area contributed by atoms with Gasteiger partial charge in [0, 0.05) is 31.7 Å². The molecule has 4 rings (SSSR count). The molecule has 1 amide bonds. The number of anilines is 1. The summed E-state index contributed by atoms with van der Waals surface area (Å²) in [6.07, 6.45) is 5.01. The predicted molar refractivity (Wildman–Crippen MR) is 88.2 cm³/mol. The second kappa shape index (κ2) is 6.77. The lowest BCUT2D eigenvalue weighted by Gasteiger charge is -2.43. The Balaban J connectivity index is 1.53. The van der Waals surface area contributed by atoms with Crippen molar-refractivity contribution in [2.45, 2.75) is 5.60 Å². The molecular formula is C16H20N6O3. The lowest BCUT2D eigenvalue weighted by atomic mass is 10.0. The van der Waals surface area contributed by atoms with E-state index in [0.717, 1.165) is 0 Å². The van der Waals surface area contributed by atoms with E-state index >= 15 is 0 Å². The standard InChI is InChI=1S/C16H20N6O3/c23-14(13-2-5-19-20-13)21-7-9-25-16(10-21)11-22(6-8-24-12-16)15-17-3-1-4-18-15/h1-5H,6-12H2,(H,19,20). The molecule has 2 aliphatic heterocycles. The Hall–Kier alpha value is -2.52. The summed E-state index contributed by atoms with van der Waals surface area (Å²) in [5.74, 6) is 0.569. The molecule has 2 aromatic rings. The summed E-state index contributed by atoms with van der Waals surface area (Å²) in [6, 6.07) is 3.47. The van der Waals surface area contributed by atoms with Crippen LogP contribution >= 0.6 is 0 Å². The number of H-pyrrole nitrogens is 1. The predicted octanol–water partition coefficient (Wildman–Crippen LogP) is -0.0523. The first kappa shape index (κ1) is 16.0. The maximum absolute atomic E-state index is 12.6. The third-order valence-corrected chi connectivity index (χ3v) is 4.45. The number of rotatable bonds is 2. The average molecular weight is 344 g/mol. The third kappa shape index (κ3) is 3.33. The van der Waals surface area contributed by atoms with E-state index < -0.39 is 5.60 Å². The topological polar surface area (TPSA) is 96.5 Å². The molecule has 2 saturated heterocycles. The minimum atomic E-state index is -0.594. The number of hydrogen-bond donors (Lipinski definition) is 1. The fraction of sp³-hybridized carbons (Fsp3) is 0.500. The summed E-state index contributed by atoms with van der Waals surface area (Å²) in [5, 5.41) is 6.58. The van der Waals surface area contributed by atoms with Crippen molar-refractivity contribution in [1.29, 1.82) is 0 Å². The molecule has 132 valence electrons. The number of hydrogen-bond acceptors (Lipinski definition) is 7. The molecule has 2 aliphatic rings. The van der Waals surface area contributed by atoms with E-state index in [9.17, 15) is 4.79 Å². The zero-order chi connectivity index (χ0) is 17.1. The Labute approximate surface area is 145 Å². The second-order valence-electron chi connectivity index (χ2n) is 6.25. The van der Waals surface area contributed by atoms with Crippen LogP contribution in [0.5, 0.6) is 0 Å². The maximum atomic E-state index is 12.6. The number of carbonyl (C=O) groups excluding carboxylic acids is 1. The Bertz CT molecular complexity index is 710. The van der Waals surface area contributed by atoms with Gasteiger partial charge in [-0.25, -0.2) is 9.97 Å². The Morgan fingerprint density at radius 2 is 2.04 bits per heavy atom. The van der Waals surface area contributed by atoms with E-state index in [-0.39, 0.29) is 5.91 Å². The fourth-order valence-corrected chi connectivity index (χ4v) is 3.28.